The van der Waals surface area contributed by atoms with E-state index in [4.69, 9.17) is 10.5 Å². The molecule has 0 unspecified atom stereocenters. The SMILES string of the molecule is C[C@@H](OCc1ccccc1)C(=O)N1CCCN(CC(N)=O)CC1. The van der Waals surface area contributed by atoms with Crippen molar-refractivity contribution in [3.63, 3.8) is 0 Å². The number of hydrogen-bond acceptors (Lipinski definition) is 4. The average molecular weight is 319 g/mol. The number of hydrogen-bond donors (Lipinski definition) is 1. The first kappa shape index (κ1) is 17.4. The Morgan fingerprint density at radius 3 is 2.61 bits per heavy atom. The van der Waals surface area contributed by atoms with E-state index in [0.717, 1.165) is 18.5 Å². The van der Waals surface area contributed by atoms with Crippen molar-refractivity contribution in [2.75, 3.05) is 32.7 Å². The largest absolute Gasteiger partial charge is 0.369 e. The van der Waals surface area contributed by atoms with Gasteiger partial charge in [0.15, 0.2) is 0 Å². The number of primary amides is 1. The fourth-order valence-corrected chi connectivity index (χ4v) is 2.69. The molecule has 0 radical (unpaired) electrons. The number of nitrogens with zero attached hydrogens (tertiary/aromatic N) is 2. The minimum absolute atomic E-state index is 0.00172. The molecule has 0 aromatic heterocycles. The van der Waals surface area contributed by atoms with Gasteiger partial charge in [0.05, 0.1) is 13.2 Å². The third-order valence-electron chi connectivity index (χ3n) is 3.97. The molecule has 1 fully saturated rings. The summed E-state index contributed by atoms with van der Waals surface area (Å²) in [6.07, 6.45) is 0.364. The summed E-state index contributed by atoms with van der Waals surface area (Å²) in [6, 6.07) is 9.81. The van der Waals surface area contributed by atoms with E-state index in [0.29, 0.717) is 26.2 Å². The number of rotatable bonds is 6. The number of benzene rings is 1. The Bertz CT molecular complexity index is 521. The zero-order chi connectivity index (χ0) is 16.7. The number of ether oxygens (including phenoxy) is 1. The monoisotopic (exact) mass is 319 g/mol. The maximum absolute atomic E-state index is 12.5. The van der Waals surface area contributed by atoms with Gasteiger partial charge in [0.2, 0.25) is 5.91 Å². The Labute approximate surface area is 137 Å². The van der Waals surface area contributed by atoms with Gasteiger partial charge in [-0.25, -0.2) is 0 Å². The van der Waals surface area contributed by atoms with E-state index < -0.39 is 6.10 Å². The van der Waals surface area contributed by atoms with Crippen LogP contribution in [0.2, 0.25) is 0 Å². The van der Waals surface area contributed by atoms with Gasteiger partial charge in [-0.15, -0.1) is 0 Å². The van der Waals surface area contributed by atoms with Crippen molar-refractivity contribution >= 4 is 11.8 Å². The molecule has 0 spiro atoms. The maximum Gasteiger partial charge on any atom is 0.251 e. The van der Waals surface area contributed by atoms with Crippen LogP contribution in [-0.2, 0) is 20.9 Å². The van der Waals surface area contributed by atoms with Gasteiger partial charge in [-0.05, 0) is 18.9 Å². The minimum atomic E-state index is -0.474. The van der Waals surface area contributed by atoms with Crippen LogP contribution in [0, 0.1) is 0 Å². The molecule has 1 saturated heterocycles. The quantitative estimate of drug-likeness (QED) is 0.833. The third kappa shape index (κ3) is 5.65. The van der Waals surface area contributed by atoms with Gasteiger partial charge in [-0.3, -0.25) is 14.5 Å². The van der Waals surface area contributed by atoms with Crippen LogP contribution in [0.4, 0.5) is 0 Å². The van der Waals surface area contributed by atoms with E-state index in [-0.39, 0.29) is 18.4 Å². The van der Waals surface area contributed by atoms with Gasteiger partial charge < -0.3 is 15.4 Å². The zero-order valence-corrected chi connectivity index (χ0v) is 13.6. The van der Waals surface area contributed by atoms with E-state index in [1.807, 2.05) is 40.1 Å². The highest BCUT2D eigenvalue weighted by molar-refractivity contribution is 5.80. The first-order chi connectivity index (χ1) is 11.1. The lowest BCUT2D eigenvalue weighted by Gasteiger charge is -2.24. The standard InChI is InChI=1S/C17H25N3O3/c1-14(23-13-15-6-3-2-4-7-15)17(22)20-9-5-8-19(10-11-20)12-16(18)21/h2-4,6-7,14H,5,8-13H2,1H3,(H2,18,21)/t14-/m1/s1. The number of nitrogens with two attached hydrogens (primary N) is 1. The molecule has 2 rings (SSSR count). The smallest absolute Gasteiger partial charge is 0.251 e. The van der Waals surface area contributed by atoms with Crippen LogP contribution in [0.5, 0.6) is 0 Å². The Morgan fingerprint density at radius 1 is 1.17 bits per heavy atom. The van der Waals surface area contributed by atoms with Gasteiger partial charge >= 0.3 is 0 Å². The van der Waals surface area contributed by atoms with Crippen LogP contribution in [0.15, 0.2) is 30.3 Å². The normalized spacial score (nSPS) is 17.5. The lowest BCUT2D eigenvalue weighted by Crippen LogP contribution is -2.42. The number of carbonyl (C=O) groups excluding carboxylic acids is 2. The molecule has 23 heavy (non-hydrogen) atoms. The Balaban J connectivity index is 1.81. The van der Waals surface area contributed by atoms with Gasteiger partial charge in [0, 0.05) is 26.2 Å². The molecule has 1 atom stereocenters. The highest BCUT2D eigenvalue weighted by Crippen LogP contribution is 2.09. The Morgan fingerprint density at radius 2 is 1.91 bits per heavy atom. The molecule has 1 heterocycles. The maximum atomic E-state index is 12.5. The summed E-state index contributed by atoms with van der Waals surface area (Å²) in [7, 11) is 0. The van der Waals surface area contributed by atoms with Crippen LogP contribution in [0.1, 0.15) is 18.9 Å². The molecular formula is C17H25N3O3. The van der Waals surface area contributed by atoms with E-state index in [1.165, 1.54) is 0 Å². The zero-order valence-electron chi connectivity index (χ0n) is 13.6. The molecule has 1 aliphatic heterocycles. The predicted molar refractivity (Wildman–Crippen MR) is 87.5 cm³/mol. The summed E-state index contributed by atoms with van der Waals surface area (Å²) in [6.45, 7) is 5.21. The van der Waals surface area contributed by atoms with E-state index in [9.17, 15) is 9.59 Å². The molecule has 0 saturated carbocycles. The molecular weight excluding hydrogens is 294 g/mol. The van der Waals surface area contributed by atoms with Gasteiger partial charge in [-0.1, -0.05) is 30.3 Å². The van der Waals surface area contributed by atoms with Crippen LogP contribution in [0.25, 0.3) is 0 Å². The highest BCUT2D eigenvalue weighted by Gasteiger charge is 2.24. The van der Waals surface area contributed by atoms with Gasteiger partial charge in [-0.2, -0.15) is 0 Å². The van der Waals surface area contributed by atoms with Crippen LogP contribution in [0.3, 0.4) is 0 Å². The van der Waals surface area contributed by atoms with Crippen molar-refractivity contribution in [3.8, 4) is 0 Å². The first-order valence-corrected chi connectivity index (χ1v) is 8.01. The fourth-order valence-electron chi connectivity index (χ4n) is 2.69. The highest BCUT2D eigenvalue weighted by atomic mass is 16.5. The first-order valence-electron chi connectivity index (χ1n) is 8.01. The summed E-state index contributed by atoms with van der Waals surface area (Å²) in [5, 5.41) is 0. The van der Waals surface area contributed by atoms with Crippen LogP contribution >= 0.6 is 0 Å². The lowest BCUT2D eigenvalue weighted by molar-refractivity contribution is -0.143. The Kier molecular flexibility index (Phi) is 6.55. The summed E-state index contributed by atoms with van der Waals surface area (Å²) >= 11 is 0. The second-order valence-electron chi connectivity index (χ2n) is 5.86. The molecule has 1 aliphatic rings. The summed E-state index contributed by atoms with van der Waals surface area (Å²) in [5.41, 5.74) is 6.28. The number of carbonyl (C=O) groups is 2. The molecule has 1 aromatic rings. The van der Waals surface area contributed by atoms with E-state index >= 15 is 0 Å². The minimum Gasteiger partial charge on any atom is -0.369 e. The van der Waals surface area contributed by atoms with E-state index in [1.54, 1.807) is 6.92 Å². The van der Waals surface area contributed by atoms with E-state index in [2.05, 4.69) is 0 Å². The van der Waals surface area contributed by atoms with Crippen LogP contribution < -0.4 is 5.73 Å². The second kappa shape index (κ2) is 8.64. The molecule has 6 heteroatoms. The van der Waals surface area contributed by atoms with Gasteiger partial charge in [0.25, 0.3) is 5.91 Å². The summed E-state index contributed by atoms with van der Waals surface area (Å²) in [4.78, 5) is 27.3. The second-order valence-corrected chi connectivity index (χ2v) is 5.86. The third-order valence-corrected chi connectivity index (χ3v) is 3.97. The summed E-state index contributed by atoms with van der Waals surface area (Å²) < 4.78 is 5.70. The van der Waals surface area contributed by atoms with Crippen molar-refractivity contribution in [3.05, 3.63) is 35.9 Å². The van der Waals surface area contributed by atoms with Crippen molar-refractivity contribution in [2.45, 2.75) is 26.1 Å². The van der Waals surface area contributed by atoms with Crippen molar-refractivity contribution in [1.82, 2.24) is 9.80 Å². The number of amides is 2. The molecule has 0 aliphatic carbocycles. The molecule has 6 nitrogen and oxygen atoms in total. The van der Waals surface area contributed by atoms with Crippen molar-refractivity contribution in [2.24, 2.45) is 5.73 Å². The average Bonchev–Trinajstić information content (AvgIpc) is 2.78. The molecule has 126 valence electrons. The molecule has 2 amide bonds. The van der Waals surface area contributed by atoms with Crippen molar-refractivity contribution in [1.29, 1.82) is 0 Å². The van der Waals surface area contributed by atoms with Crippen LogP contribution in [-0.4, -0.2) is 60.4 Å². The summed E-state index contributed by atoms with van der Waals surface area (Å²) in [5.74, 6) is -0.328. The lowest BCUT2D eigenvalue weighted by atomic mass is 10.2. The molecule has 0 bridgehead atoms. The molecule has 2 N–H and O–H groups in total. The molecule has 1 aromatic carbocycles. The predicted octanol–water partition coefficient (Wildman–Crippen LogP) is 0.611. The van der Waals surface area contributed by atoms with Crippen molar-refractivity contribution < 1.29 is 14.3 Å². The van der Waals surface area contributed by atoms with Gasteiger partial charge in [0.1, 0.15) is 6.10 Å². The fraction of sp³-hybridized carbons (Fsp3) is 0.529. The topological polar surface area (TPSA) is 75.9 Å². The Hall–Kier alpha value is -1.92.